The van der Waals surface area contributed by atoms with Gasteiger partial charge in [0, 0.05) is 6.61 Å². The highest BCUT2D eigenvalue weighted by Crippen LogP contribution is 2.29. The van der Waals surface area contributed by atoms with Crippen LogP contribution in [0.3, 0.4) is 0 Å². The zero-order valence-corrected chi connectivity index (χ0v) is 12.5. The van der Waals surface area contributed by atoms with Crippen LogP contribution >= 0.6 is 0 Å². The Labute approximate surface area is 121 Å². The van der Waals surface area contributed by atoms with Crippen LogP contribution in [0.15, 0.2) is 42.5 Å². The summed E-state index contributed by atoms with van der Waals surface area (Å²) in [6.07, 6.45) is 0.0517. The summed E-state index contributed by atoms with van der Waals surface area (Å²) in [6, 6.07) is 14.7. The molecule has 0 aliphatic carbocycles. The van der Waals surface area contributed by atoms with Crippen LogP contribution in [0.25, 0.3) is 10.8 Å². The number of fused-ring (bicyclic) bond motifs is 1. The third kappa shape index (κ3) is 3.01. The zero-order valence-electron chi connectivity index (χ0n) is 12.5. The zero-order chi connectivity index (χ0) is 14.5. The second-order valence-corrected chi connectivity index (χ2v) is 5.38. The lowest BCUT2D eigenvalue weighted by Crippen LogP contribution is -2.40. The van der Waals surface area contributed by atoms with E-state index in [2.05, 4.69) is 61.7 Å². The molecule has 20 heavy (non-hydrogen) atoms. The molecule has 0 saturated carbocycles. The molecular formula is C17H24N2O. The first kappa shape index (κ1) is 15.0. The van der Waals surface area contributed by atoms with Crippen molar-refractivity contribution in [3.63, 3.8) is 0 Å². The van der Waals surface area contributed by atoms with Gasteiger partial charge in [0.15, 0.2) is 0 Å². The predicted octanol–water partition coefficient (Wildman–Crippen LogP) is 3.41. The number of rotatable bonds is 6. The fraction of sp³-hybridized carbons (Fsp3) is 0.412. The van der Waals surface area contributed by atoms with Crippen molar-refractivity contribution in [2.75, 3.05) is 6.61 Å². The van der Waals surface area contributed by atoms with Crippen LogP contribution in [0.2, 0.25) is 0 Å². The van der Waals surface area contributed by atoms with Crippen molar-refractivity contribution in [1.82, 2.24) is 5.43 Å². The number of nitrogens with two attached hydrogens (primary N) is 1. The van der Waals surface area contributed by atoms with Gasteiger partial charge in [0.05, 0.1) is 12.1 Å². The normalized spacial score (nSPS) is 14.7. The van der Waals surface area contributed by atoms with Gasteiger partial charge in [-0.05, 0) is 29.2 Å². The van der Waals surface area contributed by atoms with Gasteiger partial charge in [0.2, 0.25) is 0 Å². The summed E-state index contributed by atoms with van der Waals surface area (Å²) in [4.78, 5) is 0. The standard InChI is InChI=1S/C17H24N2O/c1-4-20-17(12(2)3)16(19-18)15-11-7-9-13-8-5-6-10-14(13)15/h5-12,16-17,19H,4,18H2,1-3H3. The number of hydrazine groups is 1. The van der Waals surface area contributed by atoms with Gasteiger partial charge in [0.25, 0.3) is 0 Å². The highest BCUT2D eigenvalue weighted by Gasteiger charge is 2.26. The Kier molecular flexibility index (Phi) is 5.12. The number of hydrogen-bond acceptors (Lipinski definition) is 3. The van der Waals surface area contributed by atoms with Crippen LogP contribution in [-0.2, 0) is 4.74 Å². The van der Waals surface area contributed by atoms with Crippen molar-refractivity contribution >= 4 is 10.8 Å². The quantitative estimate of drug-likeness (QED) is 0.626. The number of hydrogen-bond donors (Lipinski definition) is 2. The van der Waals surface area contributed by atoms with Gasteiger partial charge >= 0.3 is 0 Å². The van der Waals surface area contributed by atoms with Crippen molar-refractivity contribution in [2.45, 2.75) is 32.9 Å². The van der Waals surface area contributed by atoms with Gasteiger partial charge in [-0.1, -0.05) is 56.3 Å². The topological polar surface area (TPSA) is 47.3 Å². The average Bonchev–Trinajstić information content (AvgIpc) is 2.47. The summed E-state index contributed by atoms with van der Waals surface area (Å²) in [5, 5.41) is 2.45. The molecule has 0 fully saturated rings. The van der Waals surface area contributed by atoms with E-state index in [1.54, 1.807) is 0 Å². The van der Waals surface area contributed by atoms with Gasteiger partial charge in [-0.3, -0.25) is 11.3 Å². The van der Waals surface area contributed by atoms with E-state index in [0.717, 1.165) is 0 Å². The molecule has 0 aliphatic rings. The monoisotopic (exact) mass is 272 g/mol. The van der Waals surface area contributed by atoms with E-state index in [4.69, 9.17) is 10.6 Å². The second-order valence-electron chi connectivity index (χ2n) is 5.38. The second kappa shape index (κ2) is 6.84. The molecule has 0 saturated heterocycles. The maximum Gasteiger partial charge on any atom is 0.0805 e. The first-order chi connectivity index (χ1) is 9.69. The number of nitrogens with one attached hydrogen (secondary N) is 1. The van der Waals surface area contributed by atoms with E-state index in [0.29, 0.717) is 12.5 Å². The molecule has 0 spiro atoms. The third-order valence-electron chi connectivity index (χ3n) is 3.68. The van der Waals surface area contributed by atoms with E-state index < -0.39 is 0 Å². The van der Waals surface area contributed by atoms with Crippen LogP contribution in [0.5, 0.6) is 0 Å². The molecule has 2 atom stereocenters. The fourth-order valence-corrected chi connectivity index (χ4v) is 2.75. The van der Waals surface area contributed by atoms with Crippen LogP contribution in [0, 0.1) is 5.92 Å². The molecule has 3 heteroatoms. The molecule has 0 aromatic heterocycles. The van der Waals surface area contributed by atoms with Crippen LogP contribution in [0.1, 0.15) is 32.4 Å². The van der Waals surface area contributed by atoms with Crippen LogP contribution in [-0.4, -0.2) is 12.7 Å². The molecule has 0 radical (unpaired) electrons. The van der Waals surface area contributed by atoms with Gasteiger partial charge in [-0.25, -0.2) is 0 Å². The first-order valence-corrected chi connectivity index (χ1v) is 7.24. The highest BCUT2D eigenvalue weighted by atomic mass is 16.5. The molecule has 2 rings (SSSR count). The van der Waals surface area contributed by atoms with Crippen molar-refractivity contribution in [2.24, 2.45) is 11.8 Å². The maximum atomic E-state index is 5.92. The van der Waals surface area contributed by atoms with Crippen molar-refractivity contribution in [1.29, 1.82) is 0 Å². The molecular weight excluding hydrogens is 248 g/mol. The smallest absolute Gasteiger partial charge is 0.0805 e. The molecule has 2 aromatic rings. The SMILES string of the molecule is CCOC(C(C)C)C(NN)c1cccc2ccccc12. The van der Waals surface area contributed by atoms with Gasteiger partial charge < -0.3 is 4.74 Å². The minimum absolute atomic E-state index is 0.0129. The Morgan fingerprint density at radius 2 is 1.80 bits per heavy atom. The summed E-state index contributed by atoms with van der Waals surface area (Å²) in [5.41, 5.74) is 4.14. The minimum atomic E-state index is -0.0129. The molecule has 3 N–H and O–H groups in total. The molecule has 3 nitrogen and oxygen atoms in total. The predicted molar refractivity (Wildman–Crippen MR) is 84.3 cm³/mol. The van der Waals surface area contributed by atoms with E-state index in [1.165, 1.54) is 16.3 Å². The third-order valence-corrected chi connectivity index (χ3v) is 3.68. The minimum Gasteiger partial charge on any atom is -0.376 e. The Morgan fingerprint density at radius 1 is 1.10 bits per heavy atom. The number of benzene rings is 2. The van der Waals surface area contributed by atoms with Crippen molar-refractivity contribution in [3.05, 3.63) is 48.0 Å². The summed E-state index contributed by atoms with van der Waals surface area (Å²) < 4.78 is 5.92. The lowest BCUT2D eigenvalue weighted by Gasteiger charge is -2.30. The lowest BCUT2D eigenvalue weighted by atomic mass is 9.90. The molecule has 0 heterocycles. The van der Waals surface area contributed by atoms with Gasteiger partial charge in [-0.15, -0.1) is 0 Å². The van der Waals surface area contributed by atoms with Gasteiger partial charge in [-0.2, -0.15) is 0 Å². The van der Waals surface area contributed by atoms with E-state index in [1.807, 2.05) is 6.92 Å². The maximum absolute atomic E-state index is 5.92. The summed E-state index contributed by atoms with van der Waals surface area (Å²) in [5.74, 6) is 6.22. The molecule has 108 valence electrons. The summed E-state index contributed by atoms with van der Waals surface area (Å²) in [7, 11) is 0. The number of ether oxygens (including phenoxy) is 1. The van der Waals surface area contributed by atoms with Gasteiger partial charge in [0.1, 0.15) is 0 Å². The Balaban J connectivity index is 2.48. The largest absolute Gasteiger partial charge is 0.376 e. The molecule has 2 unspecified atom stereocenters. The Bertz CT molecular complexity index is 548. The van der Waals surface area contributed by atoms with Crippen LogP contribution in [0.4, 0.5) is 0 Å². The molecule has 0 bridgehead atoms. The molecule has 0 amide bonds. The first-order valence-electron chi connectivity index (χ1n) is 7.24. The highest BCUT2D eigenvalue weighted by molar-refractivity contribution is 5.86. The lowest BCUT2D eigenvalue weighted by molar-refractivity contribution is 0.00311. The summed E-state index contributed by atoms with van der Waals surface area (Å²) >= 11 is 0. The summed E-state index contributed by atoms with van der Waals surface area (Å²) in [6.45, 7) is 7.03. The fourth-order valence-electron chi connectivity index (χ4n) is 2.75. The Morgan fingerprint density at radius 3 is 2.45 bits per heavy atom. The van der Waals surface area contributed by atoms with Crippen molar-refractivity contribution < 1.29 is 4.74 Å². The van der Waals surface area contributed by atoms with E-state index >= 15 is 0 Å². The van der Waals surface area contributed by atoms with Crippen molar-refractivity contribution in [3.8, 4) is 0 Å². The molecule has 2 aromatic carbocycles. The molecule has 0 aliphatic heterocycles. The Hall–Kier alpha value is -1.42. The van der Waals surface area contributed by atoms with E-state index in [9.17, 15) is 0 Å². The van der Waals surface area contributed by atoms with Crippen LogP contribution < -0.4 is 11.3 Å². The average molecular weight is 272 g/mol. The van der Waals surface area contributed by atoms with E-state index in [-0.39, 0.29) is 12.1 Å².